The van der Waals surface area contributed by atoms with Gasteiger partial charge in [-0.15, -0.1) is 0 Å². The number of amides is 1. The van der Waals surface area contributed by atoms with Crippen molar-refractivity contribution in [2.75, 3.05) is 4.90 Å². The molecule has 0 heterocycles. The van der Waals surface area contributed by atoms with Gasteiger partial charge in [-0.25, -0.2) is 4.79 Å². The minimum absolute atomic E-state index is 0.0687. The first kappa shape index (κ1) is 16.5. The number of aromatic carboxylic acids is 1. The number of benzene rings is 1. The predicted molar refractivity (Wildman–Crippen MR) is 87.6 cm³/mol. The summed E-state index contributed by atoms with van der Waals surface area (Å²) in [6.45, 7) is 7.36. The summed E-state index contributed by atoms with van der Waals surface area (Å²) >= 11 is 0. The number of anilines is 1. The highest BCUT2D eigenvalue weighted by Gasteiger charge is 2.30. The summed E-state index contributed by atoms with van der Waals surface area (Å²) < 4.78 is 0. The summed E-state index contributed by atoms with van der Waals surface area (Å²) in [7, 11) is 0. The van der Waals surface area contributed by atoms with E-state index in [4.69, 9.17) is 0 Å². The zero-order valence-electron chi connectivity index (χ0n) is 13.9. The SMILES string of the molecule is CC(=O)N(c1c(C(=O)O)cc(C)c(C)c1C)C1CCCCC1. The van der Waals surface area contributed by atoms with Gasteiger partial charge in [-0.1, -0.05) is 19.3 Å². The van der Waals surface area contributed by atoms with Gasteiger partial charge in [0, 0.05) is 13.0 Å². The quantitative estimate of drug-likeness (QED) is 0.918. The topological polar surface area (TPSA) is 57.6 Å². The number of carboxylic acids is 1. The molecule has 120 valence electrons. The smallest absolute Gasteiger partial charge is 0.337 e. The number of hydrogen-bond donors (Lipinski definition) is 1. The molecule has 4 nitrogen and oxygen atoms in total. The van der Waals surface area contributed by atoms with Gasteiger partial charge in [0.1, 0.15) is 0 Å². The molecule has 1 aliphatic carbocycles. The summed E-state index contributed by atoms with van der Waals surface area (Å²) in [6.07, 6.45) is 5.29. The monoisotopic (exact) mass is 303 g/mol. The maximum Gasteiger partial charge on any atom is 0.337 e. The second kappa shape index (κ2) is 6.51. The van der Waals surface area contributed by atoms with Gasteiger partial charge in [-0.05, 0) is 56.4 Å². The van der Waals surface area contributed by atoms with Crippen molar-refractivity contribution in [1.82, 2.24) is 0 Å². The molecule has 0 atom stereocenters. The fourth-order valence-corrected chi connectivity index (χ4v) is 3.48. The first-order chi connectivity index (χ1) is 10.3. The Morgan fingerprint density at radius 2 is 1.68 bits per heavy atom. The standard InChI is InChI=1S/C18H25NO3/c1-11-10-16(18(21)22)17(13(3)12(11)2)19(14(4)20)15-8-6-5-7-9-15/h10,15H,5-9H2,1-4H3,(H,21,22). The molecule has 0 saturated heterocycles. The summed E-state index contributed by atoms with van der Waals surface area (Å²) in [5.74, 6) is -1.04. The summed E-state index contributed by atoms with van der Waals surface area (Å²) in [6, 6.07) is 1.81. The van der Waals surface area contributed by atoms with E-state index in [1.54, 1.807) is 11.0 Å². The molecule has 1 fully saturated rings. The van der Waals surface area contributed by atoms with Gasteiger partial charge >= 0.3 is 5.97 Å². The fourth-order valence-electron chi connectivity index (χ4n) is 3.48. The second-order valence-corrected chi connectivity index (χ2v) is 6.33. The lowest BCUT2D eigenvalue weighted by molar-refractivity contribution is -0.117. The molecule has 22 heavy (non-hydrogen) atoms. The molecule has 0 aromatic heterocycles. The van der Waals surface area contributed by atoms with E-state index in [9.17, 15) is 14.7 Å². The van der Waals surface area contributed by atoms with E-state index in [-0.39, 0.29) is 17.5 Å². The number of nitrogens with zero attached hydrogens (tertiary/aromatic N) is 1. The highest BCUT2D eigenvalue weighted by Crippen LogP contribution is 2.35. The highest BCUT2D eigenvalue weighted by molar-refractivity contribution is 6.03. The van der Waals surface area contributed by atoms with Crippen LogP contribution in [0.5, 0.6) is 0 Å². The van der Waals surface area contributed by atoms with E-state index in [1.807, 2.05) is 20.8 Å². The molecule has 1 aliphatic rings. The summed E-state index contributed by atoms with van der Waals surface area (Å²) in [5.41, 5.74) is 3.74. The lowest BCUT2D eigenvalue weighted by atomic mass is 9.91. The van der Waals surface area contributed by atoms with E-state index in [1.165, 1.54) is 13.3 Å². The third-order valence-corrected chi connectivity index (χ3v) is 4.88. The lowest BCUT2D eigenvalue weighted by Crippen LogP contribution is -2.41. The maximum atomic E-state index is 12.3. The Bertz CT molecular complexity index is 601. The molecule has 1 amide bonds. The molecular weight excluding hydrogens is 278 g/mol. The van der Waals surface area contributed by atoms with Crippen molar-refractivity contribution >= 4 is 17.6 Å². The van der Waals surface area contributed by atoms with Crippen LogP contribution < -0.4 is 4.90 Å². The van der Waals surface area contributed by atoms with Crippen LogP contribution in [0.4, 0.5) is 5.69 Å². The average Bonchev–Trinajstić information content (AvgIpc) is 2.47. The van der Waals surface area contributed by atoms with Crippen LogP contribution in [-0.2, 0) is 4.79 Å². The minimum Gasteiger partial charge on any atom is -0.478 e. The Balaban J connectivity index is 2.62. The zero-order valence-corrected chi connectivity index (χ0v) is 13.9. The van der Waals surface area contributed by atoms with Gasteiger partial charge in [-0.2, -0.15) is 0 Å². The molecule has 4 heteroatoms. The van der Waals surface area contributed by atoms with E-state index in [0.29, 0.717) is 5.69 Å². The molecule has 0 unspecified atom stereocenters. The summed E-state index contributed by atoms with van der Waals surface area (Å²) in [5, 5.41) is 9.60. The van der Waals surface area contributed by atoms with Gasteiger partial charge in [0.2, 0.25) is 5.91 Å². The summed E-state index contributed by atoms with van der Waals surface area (Å²) in [4.78, 5) is 25.7. The highest BCUT2D eigenvalue weighted by atomic mass is 16.4. The molecule has 2 rings (SSSR count). The predicted octanol–water partition coefficient (Wildman–Crippen LogP) is 4.00. The Morgan fingerprint density at radius 3 is 2.18 bits per heavy atom. The number of aryl methyl sites for hydroxylation is 1. The van der Waals surface area contributed by atoms with Crippen molar-refractivity contribution in [1.29, 1.82) is 0 Å². The Morgan fingerprint density at radius 1 is 1.09 bits per heavy atom. The van der Waals surface area contributed by atoms with E-state index in [2.05, 4.69) is 0 Å². The first-order valence-corrected chi connectivity index (χ1v) is 7.98. The number of carbonyl (C=O) groups is 2. The zero-order chi connectivity index (χ0) is 16.4. The van der Waals surface area contributed by atoms with Gasteiger partial charge in [0.25, 0.3) is 0 Å². The van der Waals surface area contributed by atoms with Gasteiger partial charge in [0.05, 0.1) is 11.3 Å². The fraction of sp³-hybridized carbons (Fsp3) is 0.556. The molecule has 1 aromatic carbocycles. The third kappa shape index (κ3) is 3.01. The number of hydrogen-bond acceptors (Lipinski definition) is 2. The van der Waals surface area contributed by atoms with Gasteiger partial charge in [-0.3, -0.25) is 4.79 Å². The van der Waals surface area contributed by atoms with Gasteiger partial charge < -0.3 is 10.0 Å². The Hall–Kier alpha value is -1.84. The lowest BCUT2D eigenvalue weighted by Gasteiger charge is -2.36. The molecule has 1 aromatic rings. The van der Waals surface area contributed by atoms with Crippen molar-refractivity contribution in [2.24, 2.45) is 0 Å². The number of carbonyl (C=O) groups excluding carboxylic acids is 1. The maximum absolute atomic E-state index is 12.3. The molecular formula is C18H25NO3. The molecule has 0 spiro atoms. The van der Waals surface area contributed by atoms with Crippen LogP contribution >= 0.6 is 0 Å². The molecule has 0 bridgehead atoms. The van der Waals surface area contributed by atoms with Crippen molar-refractivity contribution in [2.45, 2.75) is 65.8 Å². The third-order valence-electron chi connectivity index (χ3n) is 4.88. The van der Waals surface area contributed by atoms with Crippen LogP contribution in [0.25, 0.3) is 0 Å². The number of rotatable bonds is 3. The van der Waals surface area contributed by atoms with Crippen molar-refractivity contribution in [3.63, 3.8) is 0 Å². The second-order valence-electron chi connectivity index (χ2n) is 6.33. The van der Waals surface area contributed by atoms with E-state index >= 15 is 0 Å². The van der Waals surface area contributed by atoms with Crippen molar-refractivity contribution < 1.29 is 14.7 Å². The van der Waals surface area contributed by atoms with Crippen LogP contribution in [0.2, 0.25) is 0 Å². The molecule has 0 radical (unpaired) electrons. The van der Waals surface area contributed by atoms with Crippen LogP contribution in [-0.4, -0.2) is 23.0 Å². The first-order valence-electron chi connectivity index (χ1n) is 7.98. The Labute approximate surface area is 132 Å². The molecule has 1 N–H and O–H groups in total. The van der Waals surface area contributed by atoms with Crippen LogP contribution in [0.3, 0.4) is 0 Å². The largest absolute Gasteiger partial charge is 0.478 e. The number of carboxylic acid groups (broad SMARTS) is 1. The van der Waals surface area contributed by atoms with Crippen LogP contribution in [0, 0.1) is 20.8 Å². The van der Waals surface area contributed by atoms with E-state index in [0.717, 1.165) is 42.4 Å². The van der Waals surface area contributed by atoms with Gasteiger partial charge in [0.15, 0.2) is 0 Å². The Kier molecular flexibility index (Phi) is 4.89. The molecule has 1 saturated carbocycles. The van der Waals surface area contributed by atoms with Crippen LogP contribution in [0.15, 0.2) is 6.07 Å². The molecule has 0 aliphatic heterocycles. The average molecular weight is 303 g/mol. The van der Waals surface area contributed by atoms with E-state index < -0.39 is 5.97 Å². The van der Waals surface area contributed by atoms with Crippen LogP contribution in [0.1, 0.15) is 66.1 Å². The minimum atomic E-state index is -0.969. The van der Waals surface area contributed by atoms with Crippen molar-refractivity contribution in [3.05, 3.63) is 28.3 Å². The van der Waals surface area contributed by atoms with Crippen molar-refractivity contribution in [3.8, 4) is 0 Å². The normalized spacial score (nSPS) is 15.6.